The molecular weight excluding hydrogens is 278 g/mol. The number of aliphatic hydroxyl groups is 1. The molecule has 114 valence electrons. The number of nitrogens with one attached hydrogen (secondary N) is 2. The van der Waals surface area contributed by atoms with Crippen molar-refractivity contribution in [2.24, 2.45) is 5.92 Å². The average Bonchev–Trinajstić information content (AvgIpc) is 2.99. The van der Waals surface area contributed by atoms with Crippen molar-refractivity contribution in [3.63, 3.8) is 0 Å². The van der Waals surface area contributed by atoms with E-state index in [-0.39, 0.29) is 11.8 Å². The molecule has 1 aliphatic rings. The van der Waals surface area contributed by atoms with E-state index < -0.39 is 6.10 Å². The van der Waals surface area contributed by atoms with Crippen molar-refractivity contribution < 1.29 is 9.90 Å². The normalized spacial score (nSPS) is 20.8. The number of carbonyl (C=O) groups is 1. The van der Waals surface area contributed by atoms with Crippen molar-refractivity contribution in [3.05, 3.63) is 54.4 Å². The van der Waals surface area contributed by atoms with Crippen molar-refractivity contribution in [2.45, 2.75) is 6.10 Å². The highest BCUT2D eigenvalue weighted by Crippen LogP contribution is 2.18. The molecule has 3 N–H and O–H groups in total. The van der Waals surface area contributed by atoms with E-state index in [9.17, 15) is 9.90 Å². The Morgan fingerprint density at radius 2 is 2.05 bits per heavy atom. The summed E-state index contributed by atoms with van der Waals surface area (Å²) in [5.41, 5.74) is 2.47. The lowest BCUT2D eigenvalue weighted by Gasteiger charge is -2.14. The lowest BCUT2D eigenvalue weighted by molar-refractivity contribution is 0.0926. The molecule has 1 aliphatic heterocycles. The number of pyridine rings is 1. The number of aliphatic hydroxyl groups excluding tert-OH is 1. The third kappa shape index (κ3) is 3.32. The molecule has 2 heterocycles. The van der Waals surface area contributed by atoms with Gasteiger partial charge in [-0.15, -0.1) is 0 Å². The third-order valence-electron chi connectivity index (χ3n) is 3.94. The topological polar surface area (TPSA) is 74.2 Å². The lowest BCUT2D eigenvalue weighted by atomic mass is 10.1. The van der Waals surface area contributed by atoms with Crippen LogP contribution in [-0.2, 0) is 0 Å². The summed E-state index contributed by atoms with van der Waals surface area (Å²) >= 11 is 0. The van der Waals surface area contributed by atoms with E-state index in [0.29, 0.717) is 18.7 Å². The number of nitrogens with zero attached hydrogens (tertiary/aromatic N) is 1. The van der Waals surface area contributed by atoms with Crippen LogP contribution in [0.25, 0.3) is 11.1 Å². The Hall–Kier alpha value is -2.24. The predicted octanol–water partition coefficient (Wildman–Crippen LogP) is 1.06. The highest BCUT2D eigenvalue weighted by atomic mass is 16.3. The van der Waals surface area contributed by atoms with Gasteiger partial charge in [-0.05, 0) is 11.6 Å². The largest absolute Gasteiger partial charge is 0.391 e. The van der Waals surface area contributed by atoms with E-state index in [1.165, 1.54) is 0 Å². The molecule has 0 aliphatic carbocycles. The zero-order valence-corrected chi connectivity index (χ0v) is 12.2. The standard InChI is InChI=1S/C17H19N3O2/c21-16-11-19-9-15(16)10-20-17(22)14-6-13(7-18-8-14)12-4-2-1-3-5-12/h1-8,15-16,19,21H,9-11H2,(H,20,22). The summed E-state index contributed by atoms with van der Waals surface area (Å²) in [5.74, 6) is -0.0985. The molecule has 2 aromatic rings. The summed E-state index contributed by atoms with van der Waals surface area (Å²) < 4.78 is 0. The van der Waals surface area contributed by atoms with Gasteiger partial charge >= 0.3 is 0 Å². The zero-order valence-electron chi connectivity index (χ0n) is 12.2. The molecule has 1 saturated heterocycles. The van der Waals surface area contributed by atoms with Crippen molar-refractivity contribution in [2.75, 3.05) is 19.6 Å². The second-order valence-electron chi connectivity index (χ2n) is 5.52. The Kier molecular flexibility index (Phi) is 4.46. The van der Waals surface area contributed by atoms with Gasteiger partial charge in [0, 0.05) is 43.5 Å². The maximum Gasteiger partial charge on any atom is 0.252 e. The van der Waals surface area contributed by atoms with Crippen molar-refractivity contribution in [3.8, 4) is 11.1 Å². The van der Waals surface area contributed by atoms with E-state index in [1.807, 2.05) is 36.4 Å². The van der Waals surface area contributed by atoms with Gasteiger partial charge in [0.15, 0.2) is 0 Å². The van der Waals surface area contributed by atoms with Gasteiger partial charge in [-0.3, -0.25) is 9.78 Å². The molecule has 1 fully saturated rings. The first-order chi connectivity index (χ1) is 10.7. The lowest BCUT2D eigenvalue weighted by Crippen LogP contribution is -2.34. The molecule has 3 rings (SSSR count). The third-order valence-corrected chi connectivity index (χ3v) is 3.94. The molecule has 0 spiro atoms. The Bertz CT molecular complexity index is 645. The number of aromatic nitrogens is 1. The smallest absolute Gasteiger partial charge is 0.252 e. The monoisotopic (exact) mass is 297 g/mol. The summed E-state index contributed by atoms with van der Waals surface area (Å²) in [7, 11) is 0. The van der Waals surface area contributed by atoms with Crippen LogP contribution in [0.3, 0.4) is 0 Å². The van der Waals surface area contributed by atoms with Crippen LogP contribution in [0.4, 0.5) is 0 Å². The van der Waals surface area contributed by atoms with E-state index in [2.05, 4.69) is 15.6 Å². The molecule has 1 amide bonds. The molecule has 5 nitrogen and oxygen atoms in total. The van der Waals surface area contributed by atoms with Gasteiger partial charge in [0.05, 0.1) is 11.7 Å². The van der Waals surface area contributed by atoms with Crippen LogP contribution in [0.5, 0.6) is 0 Å². The van der Waals surface area contributed by atoms with Crippen LogP contribution in [0.1, 0.15) is 10.4 Å². The summed E-state index contributed by atoms with van der Waals surface area (Å²) in [5, 5.41) is 15.7. The summed E-state index contributed by atoms with van der Waals surface area (Å²) in [6.07, 6.45) is 2.91. The fourth-order valence-electron chi connectivity index (χ4n) is 2.61. The predicted molar refractivity (Wildman–Crippen MR) is 84.4 cm³/mol. The number of carbonyl (C=O) groups excluding carboxylic acids is 1. The van der Waals surface area contributed by atoms with E-state index in [0.717, 1.165) is 17.7 Å². The minimum Gasteiger partial charge on any atom is -0.391 e. The Balaban J connectivity index is 1.68. The Labute approximate surface area is 129 Å². The summed E-state index contributed by atoms with van der Waals surface area (Å²) in [6.45, 7) is 1.78. The van der Waals surface area contributed by atoms with Gasteiger partial charge in [0.1, 0.15) is 0 Å². The minimum absolute atomic E-state index is 0.0641. The molecule has 1 aromatic heterocycles. The van der Waals surface area contributed by atoms with Gasteiger partial charge in [-0.2, -0.15) is 0 Å². The Morgan fingerprint density at radius 1 is 1.23 bits per heavy atom. The number of rotatable bonds is 4. The number of hydrogen-bond donors (Lipinski definition) is 3. The van der Waals surface area contributed by atoms with Gasteiger partial charge in [-0.25, -0.2) is 0 Å². The molecule has 0 radical (unpaired) electrons. The maximum absolute atomic E-state index is 12.2. The second-order valence-corrected chi connectivity index (χ2v) is 5.52. The molecule has 0 saturated carbocycles. The van der Waals surface area contributed by atoms with Gasteiger partial charge in [0.2, 0.25) is 0 Å². The first-order valence-corrected chi connectivity index (χ1v) is 7.41. The van der Waals surface area contributed by atoms with Gasteiger partial charge in [0.25, 0.3) is 5.91 Å². The molecule has 5 heteroatoms. The molecular formula is C17H19N3O2. The van der Waals surface area contributed by atoms with Crippen LogP contribution in [0, 0.1) is 5.92 Å². The van der Waals surface area contributed by atoms with Crippen LogP contribution in [0.15, 0.2) is 48.8 Å². The van der Waals surface area contributed by atoms with Crippen molar-refractivity contribution in [1.29, 1.82) is 0 Å². The van der Waals surface area contributed by atoms with E-state index in [4.69, 9.17) is 0 Å². The number of hydrogen-bond acceptors (Lipinski definition) is 4. The summed E-state index contributed by atoms with van der Waals surface area (Å²) in [6, 6.07) is 11.7. The highest BCUT2D eigenvalue weighted by Gasteiger charge is 2.25. The molecule has 2 atom stereocenters. The number of β-amino-alcohol motifs (C(OH)–C–C–N with tert-alkyl or cyclic N) is 1. The molecule has 1 aromatic carbocycles. The minimum atomic E-state index is -0.394. The number of benzene rings is 1. The summed E-state index contributed by atoms with van der Waals surface area (Å²) in [4.78, 5) is 16.4. The second kappa shape index (κ2) is 6.68. The average molecular weight is 297 g/mol. The van der Waals surface area contributed by atoms with E-state index in [1.54, 1.807) is 12.4 Å². The zero-order chi connectivity index (χ0) is 15.4. The number of amides is 1. The molecule has 2 unspecified atom stereocenters. The van der Waals surface area contributed by atoms with Crippen molar-refractivity contribution >= 4 is 5.91 Å². The molecule has 0 bridgehead atoms. The van der Waals surface area contributed by atoms with Crippen LogP contribution in [0.2, 0.25) is 0 Å². The highest BCUT2D eigenvalue weighted by molar-refractivity contribution is 5.95. The molecule has 22 heavy (non-hydrogen) atoms. The first kappa shape index (κ1) is 14.7. The quantitative estimate of drug-likeness (QED) is 0.789. The van der Waals surface area contributed by atoms with Crippen LogP contribution >= 0.6 is 0 Å². The van der Waals surface area contributed by atoms with Crippen LogP contribution < -0.4 is 10.6 Å². The Morgan fingerprint density at radius 3 is 2.77 bits per heavy atom. The van der Waals surface area contributed by atoms with Gasteiger partial charge in [-0.1, -0.05) is 30.3 Å². The van der Waals surface area contributed by atoms with Gasteiger partial charge < -0.3 is 15.7 Å². The fraction of sp³-hybridized carbons (Fsp3) is 0.294. The van der Waals surface area contributed by atoms with Crippen molar-refractivity contribution in [1.82, 2.24) is 15.6 Å². The van der Waals surface area contributed by atoms with Crippen LogP contribution in [-0.4, -0.2) is 41.7 Å². The van der Waals surface area contributed by atoms with E-state index >= 15 is 0 Å². The maximum atomic E-state index is 12.2. The fourth-order valence-corrected chi connectivity index (χ4v) is 2.61. The SMILES string of the molecule is O=C(NCC1CNCC1O)c1cncc(-c2ccccc2)c1. The first-order valence-electron chi connectivity index (χ1n) is 7.41.